The Bertz CT molecular complexity index is 599. The van der Waals surface area contributed by atoms with Crippen LogP contribution in [0.4, 0.5) is 14.6 Å². The fourth-order valence-corrected chi connectivity index (χ4v) is 1.48. The molecule has 0 radical (unpaired) electrons. The third-order valence-electron chi connectivity index (χ3n) is 2.50. The highest BCUT2D eigenvalue weighted by Gasteiger charge is 2.15. The number of pyridine rings is 1. The second-order valence-corrected chi connectivity index (χ2v) is 3.81. The summed E-state index contributed by atoms with van der Waals surface area (Å²) in [4.78, 5) is 15.7. The molecule has 2 rings (SSSR count). The van der Waals surface area contributed by atoms with E-state index in [1.165, 1.54) is 24.4 Å². The summed E-state index contributed by atoms with van der Waals surface area (Å²) in [5, 5.41) is 2.38. The van der Waals surface area contributed by atoms with Crippen LogP contribution in [-0.2, 0) is 6.54 Å². The first-order valence-corrected chi connectivity index (χ1v) is 5.52. The highest BCUT2D eigenvalue weighted by molar-refractivity contribution is 6.03. The van der Waals surface area contributed by atoms with Gasteiger partial charge in [0.25, 0.3) is 5.91 Å². The topological polar surface area (TPSA) is 68.0 Å². The fraction of sp³-hybridized carbons (Fsp3) is 0.0769. The molecule has 4 nitrogen and oxygen atoms in total. The number of hydrogen-bond acceptors (Lipinski definition) is 3. The zero-order valence-electron chi connectivity index (χ0n) is 9.86. The van der Waals surface area contributed by atoms with Gasteiger partial charge in [-0.3, -0.25) is 4.79 Å². The second kappa shape index (κ2) is 5.53. The van der Waals surface area contributed by atoms with Crippen molar-refractivity contribution in [3.63, 3.8) is 0 Å². The van der Waals surface area contributed by atoms with Gasteiger partial charge in [0, 0.05) is 12.7 Å². The molecule has 2 aromatic rings. The smallest absolute Gasteiger partial charge is 0.259 e. The van der Waals surface area contributed by atoms with Crippen LogP contribution in [0.3, 0.4) is 0 Å². The summed E-state index contributed by atoms with van der Waals surface area (Å²) in [6, 6.07) is 6.63. The monoisotopic (exact) mass is 263 g/mol. The minimum atomic E-state index is -1.18. The molecule has 0 atom stereocenters. The fourth-order valence-electron chi connectivity index (χ4n) is 1.48. The third kappa shape index (κ3) is 2.92. The number of nitrogens with zero attached hydrogens (tertiary/aromatic N) is 1. The molecule has 0 bridgehead atoms. The van der Waals surface area contributed by atoms with Crippen molar-refractivity contribution in [2.75, 3.05) is 5.32 Å². The zero-order chi connectivity index (χ0) is 13.8. The van der Waals surface area contributed by atoms with Gasteiger partial charge in [0.15, 0.2) is 11.6 Å². The molecule has 0 unspecified atom stereocenters. The summed E-state index contributed by atoms with van der Waals surface area (Å²) >= 11 is 0. The Kier molecular flexibility index (Phi) is 3.82. The average molecular weight is 263 g/mol. The summed E-state index contributed by atoms with van der Waals surface area (Å²) in [5.74, 6) is -2.77. The molecule has 0 saturated heterocycles. The van der Waals surface area contributed by atoms with Crippen molar-refractivity contribution in [2.45, 2.75) is 6.54 Å². The van der Waals surface area contributed by atoms with Crippen molar-refractivity contribution in [2.24, 2.45) is 5.73 Å². The van der Waals surface area contributed by atoms with Gasteiger partial charge in [-0.1, -0.05) is 12.1 Å². The second-order valence-electron chi connectivity index (χ2n) is 3.81. The van der Waals surface area contributed by atoms with Crippen LogP contribution < -0.4 is 11.1 Å². The van der Waals surface area contributed by atoms with Crippen LogP contribution in [0, 0.1) is 11.6 Å². The predicted molar refractivity (Wildman–Crippen MR) is 66.4 cm³/mol. The molecule has 1 aromatic carbocycles. The Labute approximate surface area is 108 Å². The molecule has 0 aliphatic carbocycles. The maximum absolute atomic E-state index is 13.4. The number of nitrogens with one attached hydrogen (secondary N) is 1. The van der Waals surface area contributed by atoms with E-state index < -0.39 is 17.5 Å². The number of benzene rings is 1. The van der Waals surface area contributed by atoms with Crippen LogP contribution in [0.1, 0.15) is 15.9 Å². The molecule has 98 valence electrons. The number of anilines is 1. The maximum atomic E-state index is 13.4. The molecule has 0 fully saturated rings. The molecule has 0 aliphatic heterocycles. The molecule has 3 N–H and O–H groups in total. The number of hydrogen-bond donors (Lipinski definition) is 2. The van der Waals surface area contributed by atoms with Crippen LogP contribution >= 0.6 is 0 Å². The van der Waals surface area contributed by atoms with Gasteiger partial charge in [-0.05, 0) is 23.8 Å². The molecular weight excluding hydrogens is 252 g/mol. The quantitative estimate of drug-likeness (QED) is 0.890. The van der Waals surface area contributed by atoms with Gasteiger partial charge in [0.1, 0.15) is 5.82 Å². The number of carbonyl (C=O) groups is 1. The largest absolute Gasteiger partial charge is 0.326 e. The van der Waals surface area contributed by atoms with Gasteiger partial charge in [-0.2, -0.15) is 0 Å². The van der Waals surface area contributed by atoms with Crippen molar-refractivity contribution in [1.29, 1.82) is 0 Å². The van der Waals surface area contributed by atoms with Crippen LogP contribution in [0.15, 0.2) is 36.5 Å². The Balaban J connectivity index is 2.18. The zero-order valence-corrected chi connectivity index (χ0v) is 9.86. The first-order valence-electron chi connectivity index (χ1n) is 5.52. The van der Waals surface area contributed by atoms with Crippen LogP contribution in [0.25, 0.3) is 0 Å². The molecule has 1 amide bonds. The van der Waals surface area contributed by atoms with Crippen LogP contribution in [-0.4, -0.2) is 10.9 Å². The number of carbonyl (C=O) groups excluding carboxylic acids is 1. The number of nitrogens with two attached hydrogens (primary N) is 1. The molecule has 0 aliphatic rings. The molecule has 6 heteroatoms. The summed E-state index contributed by atoms with van der Waals surface area (Å²) in [5.41, 5.74) is 5.84. The van der Waals surface area contributed by atoms with Gasteiger partial charge in [0.05, 0.1) is 5.56 Å². The van der Waals surface area contributed by atoms with Gasteiger partial charge >= 0.3 is 0 Å². The molecule has 0 spiro atoms. The van der Waals surface area contributed by atoms with E-state index in [-0.39, 0.29) is 11.4 Å². The third-order valence-corrected chi connectivity index (χ3v) is 2.50. The molecule has 19 heavy (non-hydrogen) atoms. The van der Waals surface area contributed by atoms with E-state index >= 15 is 0 Å². The normalized spacial score (nSPS) is 10.3. The van der Waals surface area contributed by atoms with Crippen molar-refractivity contribution >= 4 is 11.7 Å². The highest BCUT2D eigenvalue weighted by atomic mass is 19.2. The van der Waals surface area contributed by atoms with E-state index in [1.807, 2.05) is 0 Å². The van der Waals surface area contributed by atoms with E-state index in [4.69, 9.17) is 5.73 Å². The lowest BCUT2D eigenvalue weighted by Crippen LogP contribution is -2.15. The lowest BCUT2D eigenvalue weighted by atomic mass is 10.2. The van der Waals surface area contributed by atoms with E-state index in [0.29, 0.717) is 6.54 Å². The lowest BCUT2D eigenvalue weighted by Gasteiger charge is -2.06. The predicted octanol–water partition coefficient (Wildman–Crippen LogP) is 2.07. The maximum Gasteiger partial charge on any atom is 0.259 e. The first kappa shape index (κ1) is 13.1. The Morgan fingerprint density at radius 1 is 1.26 bits per heavy atom. The highest BCUT2D eigenvalue weighted by Crippen LogP contribution is 2.13. The first-order chi connectivity index (χ1) is 9.11. The number of rotatable bonds is 3. The average Bonchev–Trinajstić information content (AvgIpc) is 2.42. The molecule has 1 aromatic heterocycles. The van der Waals surface area contributed by atoms with Gasteiger partial charge in [0.2, 0.25) is 0 Å². The van der Waals surface area contributed by atoms with Gasteiger partial charge in [-0.25, -0.2) is 13.8 Å². The van der Waals surface area contributed by atoms with Crippen molar-refractivity contribution in [3.8, 4) is 0 Å². The summed E-state index contributed by atoms with van der Waals surface area (Å²) in [7, 11) is 0. The van der Waals surface area contributed by atoms with E-state index in [2.05, 4.69) is 10.3 Å². The van der Waals surface area contributed by atoms with Gasteiger partial charge < -0.3 is 11.1 Å². The lowest BCUT2D eigenvalue weighted by molar-refractivity contribution is 0.102. The molecule has 0 saturated carbocycles. The summed E-state index contributed by atoms with van der Waals surface area (Å²) in [6.45, 7) is 0.333. The number of halogens is 2. The van der Waals surface area contributed by atoms with E-state index in [9.17, 15) is 13.6 Å². The Morgan fingerprint density at radius 2 is 2.05 bits per heavy atom. The SMILES string of the molecule is NCc1ccc(NC(=O)c2cccc(F)c2F)nc1. The van der Waals surface area contributed by atoms with E-state index in [0.717, 1.165) is 11.6 Å². The van der Waals surface area contributed by atoms with Crippen molar-refractivity contribution < 1.29 is 13.6 Å². The van der Waals surface area contributed by atoms with Crippen molar-refractivity contribution in [3.05, 3.63) is 59.3 Å². The van der Waals surface area contributed by atoms with Crippen LogP contribution in [0.5, 0.6) is 0 Å². The van der Waals surface area contributed by atoms with E-state index in [1.54, 1.807) is 6.07 Å². The minimum Gasteiger partial charge on any atom is -0.326 e. The summed E-state index contributed by atoms with van der Waals surface area (Å²) < 4.78 is 26.4. The number of aromatic nitrogens is 1. The molecular formula is C13H11F2N3O. The number of amides is 1. The van der Waals surface area contributed by atoms with Gasteiger partial charge in [-0.15, -0.1) is 0 Å². The summed E-state index contributed by atoms with van der Waals surface area (Å²) in [6.07, 6.45) is 1.50. The Hall–Kier alpha value is -2.34. The molecule has 1 heterocycles. The van der Waals surface area contributed by atoms with Crippen LogP contribution in [0.2, 0.25) is 0 Å². The minimum absolute atomic E-state index is 0.242. The van der Waals surface area contributed by atoms with Crippen molar-refractivity contribution in [1.82, 2.24) is 4.98 Å². The standard InChI is InChI=1S/C13H11F2N3O/c14-10-3-1-2-9(12(10)15)13(19)18-11-5-4-8(6-16)7-17-11/h1-5,7H,6,16H2,(H,17,18,19). The Morgan fingerprint density at radius 3 is 2.68 bits per heavy atom.